The van der Waals surface area contributed by atoms with Gasteiger partial charge >= 0.3 is 0 Å². The van der Waals surface area contributed by atoms with Crippen LogP contribution in [0.2, 0.25) is 0 Å². The van der Waals surface area contributed by atoms with E-state index in [4.69, 9.17) is 9.15 Å². The first kappa shape index (κ1) is 15.6. The van der Waals surface area contributed by atoms with E-state index in [1.165, 1.54) is 13.4 Å². The maximum absolute atomic E-state index is 13.1. The fraction of sp³-hybridized carbons (Fsp3) is 0.231. The van der Waals surface area contributed by atoms with E-state index in [1.54, 1.807) is 12.1 Å². The average Bonchev–Trinajstić information content (AvgIpc) is 2.96. The molecule has 2 rings (SSSR count). The summed E-state index contributed by atoms with van der Waals surface area (Å²) in [6.45, 7) is -0.106. The highest BCUT2D eigenvalue weighted by molar-refractivity contribution is 7.89. The number of hydrogen-bond acceptors (Lipinski definition) is 4. The fourth-order valence-electron chi connectivity index (χ4n) is 1.69. The minimum absolute atomic E-state index is 0.106. The molecule has 2 aromatic rings. The lowest BCUT2D eigenvalue weighted by atomic mass is 10.3. The van der Waals surface area contributed by atoms with Crippen molar-refractivity contribution in [2.75, 3.05) is 13.7 Å². The zero-order chi connectivity index (χ0) is 15.5. The Morgan fingerprint density at radius 1 is 1.29 bits per heavy atom. The van der Waals surface area contributed by atoms with E-state index < -0.39 is 27.8 Å². The van der Waals surface area contributed by atoms with Crippen LogP contribution in [0.1, 0.15) is 11.9 Å². The summed E-state index contributed by atoms with van der Waals surface area (Å²) in [5, 5.41) is 0. The van der Waals surface area contributed by atoms with Crippen molar-refractivity contribution >= 4 is 10.0 Å². The molecular weight excluding hydrogens is 304 g/mol. The first-order valence-electron chi connectivity index (χ1n) is 5.95. The third-order valence-corrected chi connectivity index (χ3v) is 4.23. The van der Waals surface area contributed by atoms with Crippen molar-refractivity contribution in [2.24, 2.45) is 0 Å². The number of sulfonamides is 1. The predicted molar refractivity (Wildman–Crippen MR) is 70.0 cm³/mol. The van der Waals surface area contributed by atoms with Crippen LogP contribution in [-0.2, 0) is 14.8 Å². The van der Waals surface area contributed by atoms with E-state index in [2.05, 4.69) is 4.72 Å². The molecule has 0 spiro atoms. The summed E-state index contributed by atoms with van der Waals surface area (Å²) in [7, 11) is -2.57. The number of halogens is 2. The molecule has 0 saturated heterocycles. The molecule has 1 aromatic carbocycles. The van der Waals surface area contributed by atoms with Crippen molar-refractivity contribution in [3.8, 4) is 0 Å². The van der Waals surface area contributed by atoms with Crippen molar-refractivity contribution in [1.29, 1.82) is 0 Å². The van der Waals surface area contributed by atoms with Gasteiger partial charge in [-0.2, -0.15) is 0 Å². The van der Waals surface area contributed by atoms with Gasteiger partial charge in [-0.15, -0.1) is 0 Å². The Labute approximate surface area is 120 Å². The zero-order valence-corrected chi connectivity index (χ0v) is 11.9. The first-order chi connectivity index (χ1) is 9.94. The van der Waals surface area contributed by atoms with Gasteiger partial charge in [-0.05, 0) is 30.3 Å². The van der Waals surface area contributed by atoms with E-state index in [1.807, 2.05) is 0 Å². The Bertz CT molecular complexity index is 701. The van der Waals surface area contributed by atoms with E-state index >= 15 is 0 Å². The highest BCUT2D eigenvalue weighted by atomic mass is 32.2. The summed E-state index contributed by atoms with van der Waals surface area (Å²) < 4.78 is 62.4. The summed E-state index contributed by atoms with van der Waals surface area (Å²) in [5.41, 5.74) is 0. The Hall–Kier alpha value is -1.77. The van der Waals surface area contributed by atoms with Crippen LogP contribution in [-0.4, -0.2) is 22.1 Å². The van der Waals surface area contributed by atoms with Crippen LogP contribution < -0.4 is 4.72 Å². The summed E-state index contributed by atoms with van der Waals surface area (Å²) in [4.78, 5) is -0.365. The normalized spacial score (nSPS) is 13.3. The lowest BCUT2D eigenvalue weighted by Gasteiger charge is -2.14. The highest BCUT2D eigenvalue weighted by Crippen LogP contribution is 2.18. The topological polar surface area (TPSA) is 68.5 Å². The lowest BCUT2D eigenvalue weighted by molar-refractivity contribution is 0.0878. The summed E-state index contributed by atoms with van der Waals surface area (Å²) >= 11 is 0. The Balaban J connectivity index is 2.12. The Kier molecular flexibility index (Phi) is 4.71. The van der Waals surface area contributed by atoms with Crippen LogP contribution >= 0.6 is 0 Å². The van der Waals surface area contributed by atoms with Gasteiger partial charge in [0.2, 0.25) is 10.0 Å². The number of furan rings is 1. The van der Waals surface area contributed by atoms with Crippen LogP contribution in [0.15, 0.2) is 45.9 Å². The molecule has 0 aliphatic rings. The fourth-order valence-corrected chi connectivity index (χ4v) is 2.73. The van der Waals surface area contributed by atoms with Gasteiger partial charge in [0.15, 0.2) is 11.6 Å². The number of methoxy groups -OCH3 is 1. The lowest BCUT2D eigenvalue weighted by Crippen LogP contribution is -2.29. The maximum Gasteiger partial charge on any atom is 0.240 e. The molecule has 0 amide bonds. The summed E-state index contributed by atoms with van der Waals surface area (Å²) in [5.74, 6) is -1.89. The van der Waals surface area contributed by atoms with Crippen molar-refractivity contribution in [3.05, 3.63) is 54.0 Å². The van der Waals surface area contributed by atoms with Gasteiger partial charge in [-0.3, -0.25) is 0 Å². The summed E-state index contributed by atoms with van der Waals surface area (Å²) in [6.07, 6.45) is 0.811. The molecule has 8 heteroatoms. The van der Waals surface area contributed by atoms with E-state index in [0.717, 1.165) is 12.1 Å². The van der Waals surface area contributed by atoms with Gasteiger partial charge in [-0.1, -0.05) is 0 Å². The van der Waals surface area contributed by atoms with Crippen LogP contribution in [0.4, 0.5) is 8.78 Å². The van der Waals surface area contributed by atoms with E-state index in [-0.39, 0.29) is 11.4 Å². The zero-order valence-electron chi connectivity index (χ0n) is 11.0. The molecule has 0 aliphatic carbocycles. The molecule has 1 heterocycles. The predicted octanol–water partition coefficient (Wildman–Crippen LogP) is 2.22. The molecule has 1 unspecified atom stereocenters. The molecule has 0 radical (unpaired) electrons. The minimum atomic E-state index is -3.97. The van der Waals surface area contributed by atoms with Gasteiger partial charge in [0.25, 0.3) is 0 Å². The number of benzene rings is 1. The molecule has 114 valence electrons. The average molecular weight is 317 g/mol. The molecule has 1 aromatic heterocycles. The molecule has 1 N–H and O–H groups in total. The van der Waals surface area contributed by atoms with Crippen LogP contribution in [0, 0.1) is 11.6 Å². The smallest absolute Gasteiger partial charge is 0.240 e. The van der Waals surface area contributed by atoms with E-state index in [0.29, 0.717) is 11.8 Å². The third kappa shape index (κ3) is 3.66. The first-order valence-corrected chi connectivity index (χ1v) is 7.43. The third-order valence-electron chi connectivity index (χ3n) is 2.81. The molecule has 0 saturated carbocycles. The Morgan fingerprint density at radius 3 is 2.62 bits per heavy atom. The largest absolute Gasteiger partial charge is 0.467 e. The quantitative estimate of drug-likeness (QED) is 0.887. The van der Waals surface area contributed by atoms with Crippen LogP contribution in [0.25, 0.3) is 0 Å². The number of hydrogen-bond donors (Lipinski definition) is 1. The molecule has 1 atom stereocenters. The second-order valence-corrected chi connectivity index (χ2v) is 5.93. The van der Waals surface area contributed by atoms with Crippen molar-refractivity contribution in [2.45, 2.75) is 11.0 Å². The monoisotopic (exact) mass is 317 g/mol. The second-order valence-electron chi connectivity index (χ2n) is 4.17. The van der Waals surface area contributed by atoms with Crippen LogP contribution in [0.3, 0.4) is 0 Å². The van der Waals surface area contributed by atoms with Gasteiger partial charge in [0.1, 0.15) is 11.9 Å². The molecule has 5 nitrogen and oxygen atoms in total. The van der Waals surface area contributed by atoms with Crippen molar-refractivity contribution < 1.29 is 26.4 Å². The SMILES string of the molecule is COC(CNS(=O)(=O)c1ccc(F)c(F)c1)c1ccco1. The number of nitrogens with one attached hydrogen (secondary N) is 1. The maximum atomic E-state index is 13.1. The number of rotatable bonds is 6. The Morgan fingerprint density at radius 2 is 2.05 bits per heavy atom. The molecule has 21 heavy (non-hydrogen) atoms. The molecule has 0 aliphatic heterocycles. The van der Waals surface area contributed by atoms with Crippen molar-refractivity contribution in [1.82, 2.24) is 4.72 Å². The second kappa shape index (κ2) is 6.33. The molecule has 0 fully saturated rings. The molecular formula is C13H13F2NO4S. The minimum Gasteiger partial charge on any atom is -0.467 e. The summed E-state index contributed by atoms with van der Waals surface area (Å²) in [6, 6.07) is 5.64. The van der Waals surface area contributed by atoms with E-state index in [9.17, 15) is 17.2 Å². The molecule has 0 bridgehead atoms. The van der Waals surface area contributed by atoms with Gasteiger partial charge in [0.05, 0.1) is 11.2 Å². The highest BCUT2D eigenvalue weighted by Gasteiger charge is 2.20. The van der Waals surface area contributed by atoms with Gasteiger partial charge < -0.3 is 9.15 Å². The van der Waals surface area contributed by atoms with Crippen molar-refractivity contribution in [3.63, 3.8) is 0 Å². The number of ether oxygens (including phenoxy) is 1. The van der Waals surface area contributed by atoms with Gasteiger partial charge in [-0.25, -0.2) is 21.9 Å². The standard InChI is InChI=1S/C13H13F2NO4S/c1-19-13(12-3-2-6-20-12)8-16-21(17,18)9-4-5-10(14)11(15)7-9/h2-7,13,16H,8H2,1H3. The van der Waals surface area contributed by atoms with Gasteiger partial charge in [0, 0.05) is 13.7 Å². The van der Waals surface area contributed by atoms with Crippen LogP contribution in [0.5, 0.6) is 0 Å².